The van der Waals surface area contributed by atoms with E-state index in [0.29, 0.717) is 22.3 Å². The molecule has 1 aliphatic heterocycles. The Bertz CT molecular complexity index is 739. The van der Waals surface area contributed by atoms with Crippen molar-refractivity contribution < 1.29 is 4.79 Å². The molecule has 1 saturated heterocycles. The average molecular weight is 369 g/mol. The highest BCUT2D eigenvalue weighted by Crippen LogP contribution is 2.40. The minimum absolute atomic E-state index is 0. The molecule has 0 radical (unpaired) electrons. The normalized spacial score (nSPS) is 19.8. The molecule has 7 nitrogen and oxygen atoms in total. The summed E-state index contributed by atoms with van der Waals surface area (Å²) in [5.41, 5.74) is 1.39. The van der Waals surface area contributed by atoms with Crippen molar-refractivity contribution in [2.24, 2.45) is 0 Å². The average Bonchev–Trinajstić information content (AvgIpc) is 3.04. The number of amides is 1. The molecule has 2 N–H and O–H groups in total. The Morgan fingerprint density at radius 2 is 2.17 bits per heavy atom. The first-order chi connectivity index (χ1) is 11.2. The highest BCUT2D eigenvalue weighted by molar-refractivity contribution is 6.32. The molecule has 4 rings (SSSR count). The molecule has 128 valence electrons. The van der Waals surface area contributed by atoms with Gasteiger partial charge < -0.3 is 10.6 Å². The number of nitrogens with one attached hydrogen (secondary N) is 2. The lowest BCUT2D eigenvalue weighted by atomic mass is 10.2. The number of rotatable bonds is 4. The molecule has 9 heteroatoms. The zero-order valence-corrected chi connectivity index (χ0v) is 14.5. The predicted octanol–water partition coefficient (Wildman–Crippen LogP) is 2.31. The van der Waals surface area contributed by atoms with Gasteiger partial charge in [0, 0.05) is 11.6 Å². The lowest BCUT2D eigenvalue weighted by Crippen LogP contribution is -2.35. The van der Waals surface area contributed by atoms with Crippen LogP contribution in [-0.2, 0) is 4.79 Å². The van der Waals surface area contributed by atoms with Gasteiger partial charge in [-0.05, 0) is 60.9 Å². The van der Waals surface area contributed by atoms with Gasteiger partial charge in [-0.1, -0.05) is 11.6 Å². The highest BCUT2D eigenvalue weighted by atomic mass is 35.5. The fraction of sp³-hybridized carbons (Fsp3) is 0.467. The molecular formula is C15H18Cl2N6O. The maximum Gasteiger partial charge on any atom is 0.241 e. The molecule has 1 saturated carbocycles. The molecule has 1 aromatic heterocycles. The van der Waals surface area contributed by atoms with Gasteiger partial charge in [0.1, 0.15) is 0 Å². The van der Waals surface area contributed by atoms with Gasteiger partial charge in [0.05, 0.1) is 16.8 Å². The lowest BCUT2D eigenvalue weighted by molar-refractivity contribution is -0.117. The van der Waals surface area contributed by atoms with Crippen LogP contribution in [0.5, 0.6) is 0 Å². The molecule has 0 spiro atoms. The second kappa shape index (κ2) is 7.04. The summed E-state index contributed by atoms with van der Waals surface area (Å²) in [5.74, 6) is 1.21. The van der Waals surface area contributed by atoms with Gasteiger partial charge in [0.25, 0.3) is 0 Å². The second-order valence-electron chi connectivity index (χ2n) is 6.03. The SMILES string of the molecule is Cl.O=C(Nc1ccc(Cl)c(-n2nnnc2C2CC2)c1)C1CCCN1. The topological polar surface area (TPSA) is 84.7 Å². The Labute approximate surface area is 150 Å². The fourth-order valence-electron chi connectivity index (χ4n) is 2.85. The Morgan fingerprint density at radius 1 is 1.33 bits per heavy atom. The molecule has 2 fully saturated rings. The van der Waals surface area contributed by atoms with Gasteiger partial charge in [-0.15, -0.1) is 17.5 Å². The van der Waals surface area contributed by atoms with Crippen molar-refractivity contribution in [2.45, 2.75) is 37.6 Å². The van der Waals surface area contributed by atoms with Crippen LogP contribution in [0.3, 0.4) is 0 Å². The zero-order valence-electron chi connectivity index (χ0n) is 12.9. The summed E-state index contributed by atoms with van der Waals surface area (Å²) in [7, 11) is 0. The van der Waals surface area contributed by atoms with E-state index in [1.807, 2.05) is 6.07 Å². The van der Waals surface area contributed by atoms with Gasteiger partial charge in [0.2, 0.25) is 5.91 Å². The largest absolute Gasteiger partial charge is 0.325 e. The van der Waals surface area contributed by atoms with E-state index >= 15 is 0 Å². The number of carbonyl (C=O) groups is 1. The van der Waals surface area contributed by atoms with Crippen molar-refractivity contribution >= 4 is 35.6 Å². The summed E-state index contributed by atoms with van der Waals surface area (Å²) in [5, 5.41) is 18.6. The maximum atomic E-state index is 12.2. The van der Waals surface area contributed by atoms with Gasteiger partial charge in [-0.25, -0.2) is 0 Å². The number of benzene rings is 1. The molecule has 1 atom stereocenters. The van der Waals surface area contributed by atoms with Gasteiger partial charge in [0.15, 0.2) is 5.82 Å². The third-order valence-electron chi connectivity index (χ3n) is 4.25. The minimum atomic E-state index is -0.121. The smallest absolute Gasteiger partial charge is 0.241 e. The van der Waals surface area contributed by atoms with Crippen LogP contribution in [-0.4, -0.2) is 38.7 Å². The summed E-state index contributed by atoms with van der Waals surface area (Å²) >= 11 is 6.31. The number of hydrogen-bond donors (Lipinski definition) is 2. The van der Waals surface area contributed by atoms with Crippen molar-refractivity contribution in [1.82, 2.24) is 25.5 Å². The molecule has 1 unspecified atom stereocenters. The Kier molecular flexibility index (Phi) is 5.03. The van der Waals surface area contributed by atoms with E-state index in [2.05, 4.69) is 26.2 Å². The molecule has 2 heterocycles. The molecule has 1 amide bonds. The second-order valence-corrected chi connectivity index (χ2v) is 6.43. The van der Waals surface area contributed by atoms with Crippen molar-refractivity contribution in [3.8, 4) is 5.69 Å². The molecular weight excluding hydrogens is 351 g/mol. The molecule has 1 aromatic carbocycles. The quantitative estimate of drug-likeness (QED) is 0.864. The molecule has 0 bridgehead atoms. The van der Waals surface area contributed by atoms with E-state index in [-0.39, 0.29) is 24.4 Å². The van der Waals surface area contributed by atoms with Crippen LogP contribution in [0.25, 0.3) is 5.69 Å². The van der Waals surface area contributed by atoms with Gasteiger partial charge in [-0.3, -0.25) is 4.79 Å². The fourth-order valence-corrected chi connectivity index (χ4v) is 3.05. The molecule has 2 aromatic rings. The number of halogens is 2. The zero-order chi connectivity index (χ0) is 15.8. The number of nitrogens with zero attached hydrogens (tertiary/aromatic N) is 4. The van der Waals surface area contributed by atoms with Gasteiger partial charge >= 0.3 is 0 Å². The number of anilines is 1. The Balaban J connectivity index is 0.00000169. The summed E-state index contributed by atoms with van der Waals surface area (Å²) in [6, 6.07) is 5.24. The Morgan fingerprint density at radius 3 is 2.88 bits per heavy atom. The number of carbonyl (C=O) groups excluding carboxylic acids is 1. The van der Waals surface area contributed by atoms with Crippen molar-refractivity contribution in [1.29, 1.82) is 0 Å². The van der Waals surface area contributed by atoms with Gasteiger partial charge in [-0.2, -0.15) is 4.68 Å². The molecule has 2 aliphatic rings. The minimum Gasteiger partial charge on any atom is -0.325 e. The maximum absolute atomic E-state index is 12.2. The summed E-state index contributed by atoms with van der Waals surface area (Å²) < 4.78 is 1.67. The van der Waals surface area contributed by atoms with E-state index in [1.54, 1.807) is 16.8 Å². The van der Waals surface area contributed by atoms with E-state index in [4.69, 9.17) is 11.6 Å². The third kappa shape index (κ3) is 3.38. The predicted molar refractivity (Wildman–Crippen MR) is 93.0 cm³/mol. The standard InChI is InChI=1S/C15H17ClN6O.ClH/c16-11-6-5-10(18-15(23)12-2-1-7-17-12)8-13(11)22-14(9-3-4-9)19-20-21-22;/h5-6,8-9,12,17H,1-4,7H2,(H,18,23);1H. The van der Waals surface area contributed by atoms with Crippen LogP contribution in [0.2, 0.25) is 5.02 Å². The monoisotopic (exact) mass is 368 g/mol. The number of tetrazole rings is 1. The van der Waals surface area contributed by atoms with Crippen molar-refractivity contribution in [2.75, 3.05) is 11.9 Å². The van der Waals surface area contributed by atoms with E-state index < -0.39 is 0 Å². The lowest BCUT2D eigenvalue weighted by Gasteiger charge is -2.13. The number of hydrogen-bond acceptors (Lipinski definition) is 5. The van der Waals surface area contributed by atoms with Crippen LogP contribution in [0, 0.1) is 0 Å². The van der Waals surface area contributed by atoms with Crippen molar-refractivity contribution in [3.05, 3.63) is 29.0 Å². The van der Waals surface area contributed by atoms with Crippen LogP contribution in [0.4, 0.5) is 5.69 Å². The number of aromatic nitrogens is 4. The first kappa shape index (κ1) is 17.1. The molecule has 24 heavy (non-hydrogen) atoms. The molecule has 1 aliphatic carbocycles. The third-order valence-corrected chi connectivity index (χ3v) is 4.57. The summed E-state index contributed by atoms with van der Waals surface area (Å²) in [6.45, 7) is 0.888. The summed E-state index contributed by atoms with van der Waals surface area (Å²) in [6.07, 6.45) is 4.09. The van der Waals surface area contributed by atoms with E-state index in [0.717, 1.165) is 38.1 Å². The van der Waals surface area contributed by atoms with Crippen LogP contribution in [0.15, 0.2) is 18.2 Å². The summed E-state index contributed by atoms with van der Waals surface area (Å²) in [4.78, 5) is 12.2. The van der Waals surface area contributed by atoms with Crippen LogP contribution >= 0.6 is 24.0 Å². The van der Waals surface area contributed by atoms with Crippen LogP contribution < -0.4 is 10.6 Å². The van der Waals surface area contributed by atoms with E-state index in [9.17, 15) is 4.79 Å². The van der Waals surface area contributed by atoms with Crippen molar-refractivity contribution in [3.63, 3.8) is 0 Å². The van der Waals surface area contributed by atoms with Crippen LogP contribution in [0.1, 0.15) is 37.4 Å². The van der Waals surface area contributed by atoms with E-state index in [1.165, 1.54) is 0 Å². The first-order valence-corrected chi connectivity index (χ1v) is 8.22. The first-order valence-electron chi connectivity index (χ1n) is 7.85. The highest BCUT2D eigenvalue weighted by Gasteiger charge is 2.30. The Hall–Kier alpha value is -1.70.